The van der Waals surface area contributed by atoms with Crippen LogP contribution in [0.25, 0.3) is 0 Å². The predicted octanol–water partition coefficient (Wildman–Crippen LogP) is 2.73. The first-order chi connectivity index (χ1) is 14.4. The molecule has 30 heavy (non-hydrogen) atoms. The molecule has 0 saturated carbocycles. The lowest BCUT2D eigenvalue weighted by Crippen LogP contribution is -2.47. The highest BCUT2D eigenvalue weighted by atomic mass is 32.2. The Labute approximate surface area is 179 Å². The highest BCUT2D eigenvalue weighted by molar-refractivity contribution is 7.89. The van der Waals surface area contributed by atoms with Gasteiger partial charge in [-0.1, -0.05) is 18.1 Å². The second-order valence-corrected chi connectivity index (χ2v) is 9.90. The third-order valence-corrected chi connectivity index (χ3v) is 7.42. The van der Waals surface area contributed by atoms with Gasteiger partial charge in [0, 0.05) is 12.1 Å². The maximum atomic E-state index is 13.2. The summed E-state index contributed by atoms with van der Waals surface area (Å²) in [5.41, 5.74) is 1.64. The first-order valence-corrected chi connectivity index (χ1v) is 12.3. The van der Waals surface area contributed by atoms with Crippen molar-refractivity contribution in [3.63, 3.8) is 0 Å². The Morgan fingerprint density at radius 2 is 2.10 bits per heavy atom. The van der Waals surface area contributed by atoms with Crippen molar-refractivity contribution in [2.24, 2.45) is 0 Å². The van der Waals surface area contributed by atoms with Gasteiger partial charge in [-0.25, -0.2) is 13.1 Å². The summed E-state index contributed by atoms with van der Waals surface area (Å²) in [4.78, 5) is 13.3. The lowest BCUT2D eigenvalue weighted by molar-refractivity contribution is 0.0925. The number of benzene rings is 1. The molecule has 1 heterocycles. The maximum Gasteiger partial charge on any atom is 0.255 e. The van der Waals surface area contributed by atoms with E-state index in [9.17, 15) is 13.2 Å². The van der Waals surface area contributed by atoms with Crippen molar-refractivity contribution in [3.8, 4) is 5.75 Å². The van der Waals surface area contributed by atoms with Crippen LogP contribution in [0.2, 0.25) is 0 Å². The van der Waals surface area contributed by atoms with Crippen LogP contribution < -0.4 is 20.1 Å². The van der Waals surface area contributed by atoms with Crippen LogP contribution >= 0.6 is 0 Å². The normalized spacial score (nSPS) is 20.9. The quantitative estimate of drug-likeness (QED) is 0.546. The SMILES string of the molecule is CNS(=O)(=O)c1ccc(OC)c(C(=O)NC(CC2=CCCCCC2)C2CCCN2)c1. The number of rotatable bonds is 8. The minimum Gasteiger partial charge on any atom is -0.496 e. The Morgan fingerprint density at radius 1 is 1.27 bits per heavy atom. The van der Waals surface area contributed by atoms with E-state index in [2.05, 4.69) is 21.4 Å². The highest BCUT2D eigenvalue weighted by Crippen LogP contribution is 2.26. The fourth-order valence-electron chi connectivity index (χ4n) is 4.29. The standard InChI is InChI=1S/C22H33N3O4S/c1-23-30(27,28)17-11-12-21(29-2)18(15-17)22(26)25-20(19-10-7-13-24-19)14-16-8-5-3-4-6-9-16/h8,11-12,15,19-20,23-24H,3-7,9-10,13-14H2,1-2H3,(H,25,26). The molecule has 1 aliphatic heterocycles. The Morgan fingerprint density at radius 3 is 2.80 bits per heavy atom. The fraction of sp³-hybridized carbons (Fsp3) is 0.591. The van der Waals surface area contributed by atoms with Gasteiger partial charge in [0.2, 0.25) is 10.0 Å². The number of methoxy groups -OCH3 is 1. The number of allylic oxidation sites excluding steroid dienone is 1. The van der Waals surface area contributed by atoms with Crippen LogP contribution in [0.4, 0.5) is 0 Å². The van der Waals surface area contributed by atoms with Gasteiger partial charge in [-0.05, 0) is 76.7 Å². The molecule has 1 amide bonds. The van der Waals surface area contributed by atoms with E-state index in [1.807, 2.05) is 0 Å². The smallest absolute Gasteiger partial charge is 0.255 e. The molecule has 0 spiro atoms. The lowest BCUT2D eigenvalue weighted by atomic mass is 9.95. The van der Waals surface area contributed by atoms with Gasteiger partial charge < -0.3 is 15.4 Å². The monoisotopic (exact) mass is 435 g/mol. The fourth-order valence-corrected chi connectivity index (χ4v) is 5.05. The van der Waals surface area contributed by atoms with Crippen LogP contribution in [0.1, 0.15) is 61.7 Å². The summed E-state index contributed by atoms with van der Waals surface area (Å²) in [5.74, 6) is 0.0438. The molecule has 2 unspecified atom stereocenters. The molecule has 3 N–H and O–H groups in total. The van der Waals surface area contributed by atoms with E-state index in [0.29, 0.717) is 5.75 Å². The number of nitrogens with one attached hydrogen (secondary N) is 3. The Balaban J connectivity index is 1.84. The van der Waals surface area contributed by atoms with Gasteiger partial charge in [0.15, 0.2) is 0 Å². The van der Waals surface area contributed by atoms with E-state index in [1.165, 1.54) is 57.2 Å². The zero-order valence-corrected chi connectivity index (χ0v) is 18.7. The van der Waals surface area contributed by atoms with Crippen molar-refractivity contribution in [1.82, 2.24) is 15.4 Å². The summed E-state index contributed by atoms with van der Waals surface area (Å²) in [6, 6.07) is 4.51. The van der Waals surface area contributed by atoms with Crippen LogP contribution in [0.3, 0.4) is 0 Å². The summed E-state index contributed by atoms with van der Waals surface area (Å²) in [6.45, 7) is 0.954. The third-order valence-electron chi connectivity index (χ3n) is 6.01. The molecule has 3 rings (SSSR count). The largest absolute Gasteiger partial charge is 0.496 e. The van der Waals surface area contributed by atoms with Gasteiger partial charge in [-0.2, -0.15) is 0 Å². The van der Waals surface area contributed by atoms with E-state index in [4.69, 9.17) is 4.74 Å². The Bertz CT molecular complexity index is 876. The van der Waals surface area contributed by atoms with Gasteiger partial charge in [-0.15, -0.1) is 0 Å². The second-order valence-electron chi connectivity index (χ2n) is 8.02. The number of hydrogen-bond donors (Lipinski definition) is 3. The molecule has 166 valence electrons. The zero-order valence-electron chi connectivity index (χ0n) is 17.9. The first-order valence-electron chi connectivity index (χ1n) is 10.8. The molecule has 1 aliphatic carbocycles. The van der Waals surface area contributed by atoms with Gasteiger partial charge in [0.05, 0.1) is 17.6 Å². The molecular weight excluding hydrogens is 402 g/mol. The van der Waals surface area contributed by atoms with Crippen molar-refractivity contribution >= 4 is 15.9 Å². The van der Waals surface area contributed by atoms with Crippen LogP contribution in [-0.2, 0) is 10.0 Å². The minimum atomic E-state index is -3.66. The topological polar surface area (TPSA) is 96.5 Å². The van der Waals surface area contributed by atoms with Gasteiger partial charge in [-0.3, -0.25) is 4.79 Å². The van der Waals surface area contributed by atoms with Crippen LogP contribution in [0.15, 0.2) is 34.7 Å². The molecule has 1 aromatic rings. The number of carbonyl (C=O) groups excluding carboxylic acids is 1. The molecule has 8 heteroatoms. The summed E-state index contributed by atoms with van der Waals surface area (Å²) in [6.07, 6.45) is 11.1. The number of amides is 1. The minimum absolute atomic E-state index is 0.0398. The summed E-state index contributed by atoms with van der Waals surface area (Å²) < 4.78 is 32.0. The van der Waals surface area contributed by atoms with Crippen molar-refractivity contribution < 1.29 is 17.9 Å². The van der Waals surface area contributed by atoms with Gasteiger partial charge >= 0.3 is 0 Å². The first kappa shape index (κ1) is 22.8. The number of sulfonamides is 1. The summed E-state index contributed by atoms with van der Waals surface area (Å²) >= 11 is 0. The zero-order chi connectivity index (χ0) is 21.6. The number of hydrogen-bond acceptors (Lipinski definition) is 5. The second kappa shape index (κ2) is 10.4. The predicted molar refractivity (Wildman–Crippen MR) is 117 cm³/mol. The van der Waals surface area contributed by atoms with E-state index < -0.39 is 10.0 Å². The van der Waals surface area contributed by atoms with Gasteiger partial charge in [0.1, 0.15) is 5.75 Å². The Hall–Kier alpha value is -1.90. The molecule has 2 aliphatic rings. The molecule has 0 bridgehead atoms. The summed E-state index contributed by atoms with van der Waals surface area (Å²) in [7, 11) is -0.831. The number of carbonyl (C=O) groups is 1. The van der Waals surface area contributed by atoms with Crippen LogP contribution in [0, 0.1) is 0 Å². The highest BCUT2D eigenvalue weighted by Gasteiger charge is 2.28. The van der Waals surface area contributed by atoms with Crippen molar-refractivity contribution in [3.05, 3.63) is 35.4 Å². The Kier molecular flexibility index (Phi) is 7.91. The molecule has 0 aromatic heterocycles. The maximum absolute atomic E-state index is 13.2. The van der Waals surface area contributed by atoms with E-state index in [1.54, 1.807) is 0 Å². The molecule has 1 saturated heterocycles. The van der Waals surface area contributed by atoms with Crippen LogP contribution in [0.5, 0.6) is 5.75 Å². The van der Waals surface area contributed by atoms with E-state index in [-0.39, 0.29) is 28.4 Å². The van der Waals surface area contributed by atoms with E-state index in [0.717, 1.165) is 38.6 Å². The average Bonchev–Trinajstić information content (AvgIpc) is 3.17. The molecule has 0 radical (unpaired) electrons. The number of ether oxygens (including phenoxy) is 1. The molecule has 1 aromatic carbocycles. The van der Waals surface area contributed by atoms with E-state index >= 15 is 0 Å². The van der Waals surface area contributed by atoms with Gasteiger partial charge in [0.25, 0.3) is 5.91 Å². The third kappa shape index (κ3) is 5.62. The molecule has 7 nitrogen and oxygen atoms in total. The van der Waals surface area contributed by atoms with Crippen molar-refractivity contribution in [1.29, 1.82) is 0 Å². The van der Waals surface area contributed by atoms with Crippen LogP contribution in [-0.4, -0.2) is 47.1 Å². The molecule has 2 atom stereocenters. The average molecular weight is 436 g/mol. The lowest BCUT2D eigenvalue weighted by Gasteiger charge is -2.26. The summed E-state index contributed by atoms with van der Waals surface area (Å²) in [5, 5.41) is 6.69. The molecular formula is C22H33N3O4S. The molecule has 1 fully saturated rings. The van der Waals surface area contributed by atoms with Crippen molar-refractivity contribution in [2.75, 3.05) is 20.7 Å². The van der Waals surface area contributed by atoms with Crippen molar-refractivity contribution in [2.45, 2.75) is 68.3 Å².